The fraction of sp³-hybridized carbons (Fsp3) is 0.562. The Morgan fingerprint density at radius 1 is 1.25 bits per heavy atom. The Hall–Kier alpha value is -1.55. The first-order valence-electron chi connectivity index (χ1n) is 7.30. The monoisotopic (exact) mass is 275 g/mol. The lowest BCUT2D eigenvalue weighted by Gasteiger charge is -2.29. The second kappa shape index (κ2) is 6.75. The quantitative estimate of drug-likeness (QED) is 0.914. The fourth-order valence-electron chi connectivity index (χ4n) is 2.52. The van der Waals surface area contributed by atoms with Crippen molar-refractivity contribution in [3.8, 4) is 0 Å². The van der Waals surface area contributed by atoms with Gasteiger partial charge in [0.05, 0.1) is 0 Å². The Morgan fingerprint density at radius 2 is 1.85 bits per heavy atom. The lowest BCUT2D eigenvalue weighted by molar-refractivity contribution is 0.0827. The molecule has 1 heterocycles. The maximum atomic E-state index is 11.8. The molecule has 0 spiro atoms. The van der Waals surface area contributed by atoms with Gasteiger partial charge in [0, 0.05) is 31.9 Å². The predicted octanol–water partition coefficient (Wildman–Crippen LogP) is 2.14. The molecule has 1 aromatic rings. The molecule has 1 N–H and O–H groups in total. The van der Waals surface area contributed by atoms with Crippen molar-refractivity contribution in [1.82, 2.24) is 9.80 Å². The smallest absolute Gasteiger partial charge is 0.253 e. The van der Waals surface area contributed by atoms with Crippen LogP contribution < -0.4 is 5.32 Å². The second-order valence-corrected chi connectivity index (χ2v) is 5.90. The molecule has 1 fully saturated rings. The molecule has 1 saturated heterocycles. The SMILES string of the molecule is CN1CCC(CNc2ccc(C(=O)N(C)C)cc2)CC1. The van der Waals surface area contributed by atoms with Gasteiger partial charge in [-0.05, 0) is 63.2 Å². The Balaban J connectivity index is 1.83. The number of anilines is 1. The molecule has 110 valence electrons. The lowest BCUT2D eigenvalue weighted by atomic mass is 9.97. The molecular formula is C16H25N3O. The predicted molar refractivity (Wildman–Crippen MR) is 83.2 cm³/mol. The summed E-state index contributed by atoms with van der Waals surface area (Å²) in [6, 6.07) is 7.76. The molecule has 1 amide bonds. The number of hydrogen-bond acceptors (Lipinski definition) is 3. The van der Waals surface area contributed by atoms with E-state index in [0.29, 0.717) is 0 Å². The molecule has 4 nitrogen and oxygen atoms in total. The van der Waals surface area contributed by atoms with Crippen LogP contribution in [-0.4, -0.2) is 56.5 Å². The molecule has 1 aliphatic rings. The number of nitrogens with zero attached hydrogens (tertiary/aromatic N) is 2. The third-order valence-corrected chi connectivity index (χ3v) is 3.97. The third-order valence-electron chi connectivity index (χ3n) is 3.97. The highest BCUT2D eigenvalue weighted by Crippen LogP contribution is 2.17. The van der Waals surface area contributed by atoms with Crippen molar-refractivity contribution < 1.29 is 4.79 Å². The largest absolute Gasteiger partial charge is 0.385 e. The van der Waals surface area contributed by atoms with Crippen molar-refractivity contribution in [3.05, 3.63) is 29.8 Å². The zero-order valence-corrected chi connectivity index (χ0v) is 12.7. The van der Waals surface area contributed by atoms with E-state index < -0.39 is 0 Å². The van der Waals surface area contributed by atoms with Crippen LogP contribution in [0.25, 0.3) is 0 Å². The van der Waals surface area contributed by atoms with E-state index in [9.17, 15) is 4.79 Å². The molecule has 2 rings (SSSR count). The minimum absolute atomic E-state index is 0.0480. The highest BCUT2D eigenvalue weighted by molar-refractivity contribution is 5.94. The van der Waals surface area contributed by atoms with Gasteiger partial charge in [0.2, 0.25) is 0 Å². The van der Waals surface area contributed by atoms with Crippen LogP contribution in [-0.2, 0) is 0 Å². The van der Waals surface area contributed by atoms with Crippen molar-refractivity contribution in [2.24, 2.45) is 5.92 Å². The van der Waals surface area contributed by atoms with Gasteiger partial charge >= 0.3 is 0 Å². The maximum Gasteiger partial charge on any atom is 0.253 e. The Kier molecular flexibility index (Phi) is 5.01. The number of benzene rings is 1. The number of carbonyl (C=O) groups excluding carboxylic acids is 1. The van der Waals surface area contributed by atoms with Gasteiger partial charge < -0.3 is 15.1 Å². The number of likely N-dealkylation sites (tertiary alicyclic amines) is 1. The van der Waals surface area contributed by atoms with Gasteiger partial charge in [0.1, 0.15) is 0 Å². The van der Waals surface area contributed by atoms with Crippen molar-refractivity contribution in [1.29, 1.82) is 0 Å². The van der Waals surface area contributed by atoms with Crippen LogP contribution in [0.2, 0.25) is 0 Å². The van der Waals surface area contributed by atoms with Crippen LogP contribution >= 0.6 is 0 Å². The highest BCUT2D eigenvalue weighted by Gasteiger charge is 2.16. The van der Waals surface area contributed by atoms with E-state index in [1.54, 1.807) is 19.0 Å². The minimum Gasteiger partial charge on any atom is -0.385 e. The molecule has 4 heteroatoms. The summed E-state index contributed by atoms with van der Waals surface area (Å²) in [5, 5.41) is 3.48. The van der Waals surface area contributed by atoms with Crippen LogP contribution in [0.15, 0.2) is 24.3 Å². The van der Waals surface area contributed by atoms with Crippen LogP contribution in [0, 0.1) is 5.92 Å². The van der Waals surface area contributed by atoms with E-state index in [1.165, 1.54) is 25.9 Å². The zero-order valence-electron chi connectivity index (χ0n) is 12.7. The molecule has 0 aliphatic carbocycles. The molecule has 0 aromatic heterocycles. The van der Waals surface area contributed by atoms with Gasteiger partial charge in [-0.1, -0.05) is 0 Å². The van der Waals surface area contributed by atoms with Gasteiger partial charge in [-0.3, -0.25) is 4.79 Å². The highest BCUT2D eigenvalue weighted by atomic mass is 16.2. The van der Waals surface area contributed by atoms with Crippen LogP contribution in [0.1, 0.15) is 23.2 Å². The summed E-state index contributed by atoms with van der Waals surface area (Å²) in [5.41, 5.74) is 1.83. The average molecular weight is 275 g/mol. The van der Waals surface area contributed by atoms with E-state index in [0.717, 1.165) is 23.7 Å². The number of nitrogens with one attached hydrogen (secondary N) is 1. The molecule has 0 bridgehead atoms. The summed E-state index contributed by atoms with van der Waals surface area (Å²) in [6.45, 7) is 3.42. The standard InChI is InChI=1S/C16H25N3O/c1-18(2)16(20)14-4-6-15(7-5-14)17-12-13-8-10-19(3)11-9-13/h4-7,13,17H,8-12H2,1-3H3. The number of piperidine rings is 1. The topological polar surface area (TPSA) is 35.6 Å². The van der Waals surface area contributed by atoms with E-state index in [-0.39, 0.29) is 5.91 Å². The van der Waals surface area contributed by atoms with Crippen LogP contribution in [0.3, 0.4) is 0 Å². The maximum absolute atomic E-state index is 11.8. The minimum atomic E-state index is 0.0480. The second-order valence-electron chi connectivity index (χ2n) is 5.90. The molecule has 0 radical (unpaired) electrons. The van der Waals surface area contributed by atoms with Crippen molar-refractivity contribution in [2.45, 2.75) is 12.8 Å². The van der Waals surface area contributed by atoms with Gasteiger partial charge in [-0.15, -0.1) is 0 Å². The first kappa shape index (κ1) is 14.9. The molecular weight excluding hydrogens is 250 g/mol. The molecule has 1 aliphatic heterocycles. The normalized spacial score (nSPS) is 16.9. The summed E-state index contributed by atoms with van der Waals surface area (Å²) in [5.74, 6) is 0.807. The van der Waals surface area contributed by atoms with Crippen LogP contribution in [0.4, 0.5) is 5.69 Å². The molecule has 0 atom stereocenters. The Bertz CT molecular complexity index is 434. The third kappa shape index (κ3) is 3.97. The molecule has 0 saturated carbocycles. The molecule has 20 heavy (non-hydrogen) atoms. The van der Waals surface area contributed by atoms with Gasteiger partial charge in [-0.2, -0.15) is 0 Å². The molecule has 1 aromatic carbocycles. The van der Waals surface area contributed by atoms with Gasteiger partial charge in [0.25, 0.3) is 5.91 Å². The number of carbonyl (C=O) groups is 1. The first-order chi connectivity index (χ1) is 9.56. The van der Waals surface area contributed by atoms with E-state index in [4.69, 9.17) is 0 Å². The first-order valence-corrected chi connectivity index (χ1v) is 7.30. The fourth-order valence-corrected chi connectivity index (χ4v) is 2.52. The van der Waals surface area contributed by atoms with Crippen molar-refractivity contribution in [3.63, 3.8) is 0 Å². The van der Waals surface area contributed by atoms with Gasteiger partial charge in [0.15, 0.2) is 0 Å². The van der Waals surface area contributed by atoms with E-state index in [1.807, 2.05) is 24.3 Å². The average Bonchev–Trinajstić information content (AvgIpc) is 2.46. The Labute approximate surface area is 121 Å². The summed E-state index contributed by atoms with van der Waals surface area (Å²) >= 11 is 0. The number of rotatable bonds is 4. The Morgan fingerprint density at radius 3 is 2.40 bits per heavy atom. The van der Waals surface area contributed by atoms with Crippen molar-refractivity contribution in [2.75, 3.05) is 46.1 Å². The summed E-state index contributed by atoms with van der Waals surface area (Å²) in [6.07, 6.45) is 2.53. The van der Waals surface area contributed by atoms with Crippen LogP contribution in [0.5, 0.6) is 0 Å². The zero-order chi connectivity index (χ0) is 14.5. The lowest BCUT2D eigenvalue weighted by Crippen LogP contribution is -2.32. The summed E-state index contributed by atoms with van der Waals surface area (Å²) in [7, 11) is 5.73. The summed E-state index contributed by atoms with van der Waals surface area (Å²) in [4.78, 5) is 15.8. The number of amides is 1. The van der Waals surface area contributed by atoms with Gasteiger partial charge in [-0.25, -0.2) is 0 Å². The summed E-state index contributed by atoms with van der Waals surface area (Å²) < 4.78 is 0. The van der Waals surface area contributed by atoms with E-state index in [2.05, 4.69) is 17.3 Å². The van der Waals surface area contributed by atoms with Crippen molar-refractivity contribution >= 4 is 11.6 Å². The number of hydrogen-bond donors (Lipinski definition) is 1. The molecule has 0 unspecified atom stereocenters. The van der Waals surface area contributed by atoms with E-state index >= 15 is 0 Å².